The molecule has 0 radical (unpaired) electrons. The largest absolute Gasteiger partial charge is 0.496 e. The summed E-state index contributed by atoms with van der Waals surface area (Å²) in [6.45, 7) is 4.23. The van der Waals surface area contributed by atoms with E-state index in [1.54, 1.807) is 33.5 Å². The van der Waals surface area contributed by atoms with Crippen LogP contribution in [0.5, 0.6) is 11.5 Å². The first-order chi connectivity index (χ1) is 12.4. The fourth-order valence-corrected chi connectivity index (χ4v) is 3.00. The summed E-state index contributed by atoms with van der Waals surface area (Å²) >= 11 is 0. The van der Waals surface area contributed by atoms with Gasteiger partial charge in [0.05, 0.1) is 14.2 Å². The molecule has 5 heteroatoms. The number of hydrogen-bond acceptors (Lipinski definition) is 5. The van der Waals surface area contributed by atoms with Crippen molar-refractivity contribution in [2.45, 2.75) is 20.4 Å². The lowest BCUT2D eigenvalue weighted by Crippen LogP contribution is -2.12. The van der Waals surface area contributed by atoms with Crippen molar-refractivity contribution in [1.29, 1.82) is 0 Å². The van der Waals surface area contributed by atoms with Gasteiger partial charge in [-0.1, -0.05) is 6.08 Å². The third kappa shape index (κ3) is 4.11. The molecule has 5 nitrogen and oxygen atoms in total. The minimum atomic E-state index is -0.0254. The minimum Gasteiger partial charge on any atom is -0.496 e. The van der Waals surface area contributed by atoms with Gasteiger partial charge < -0.3 is 14.4 Å². The molecule has 2 aromatic rings. The van der Waals surface area contributed by atoms with E-state index in [1.165, 1.54) is 0 Å². The first-order valence-electron chi connectivity index (χ1n) is 8.44. The summed E-state index contributed by atoms with van der Waals surface area (Å²) in [4.78, 5) is 18.2. The zero-order chi connectivity index (χ0) is 19.3. The van der Waals surface area contributed by atoms with Crippen LogP contribution in [0.15, 0.2) is 36.7 Å². The first kappa shape index (κ1) is 19.7. The number of aromatic nitrogens is 1. The van der Waals surface area contributed by atoms with E-state index in [-0.39, 0.29) is 5.78 Å². The maximum absolute atomic E-state index is 12.0. The summed E-state index contributed by atoms with van der Waals surface area (Å²) in [5, 5.41) is 0. The van der Waals surface area contributed by atoms with Gasteiger partial charge in [-0.2, -0.15) is 0 Å². The Bertz CT molecular complexity index is 826. The summed E-state index contributed by atoms with van der Waals surface area (Å²) in [7, 11) is 7.32. The second-order valence-electron chi connectivity index (χ2n) is 6.28. The lowest BCUT2D eigenvalue weighted by molar-refractivity contribution is 0.101. The molecule has 1 aromatic heterocycles. The average Bonchev–Trinajstić information content (AvgIpc) is 2.62. The fraction of sp³-hybridized carbons (Fsp3) is 0.333. The summed E-state index contributed by atoms with van der Waals surface area (Å²) < 4.78 is 11.3. The second-order valence-corrected chi connectivity index (χ2v) is 6.28. The molecule has 0 unspecified atom stereocenters. The van der Waals surface area contributed by atoms with Gasteiger partial charge in [0.2, 0.25) is 0 Å². The molecule has 0 aliphatic carbocycles. The number of hydrogen-bond donors (Lipinski definition) is 0. The highest BCUT2D eigenvalue weighted by Crippen LogP contribution is 2.37. The minimum absolute atomic E-state index is 0.0254. The van der Waals surface area contributed by atoms with Crippen molar-refractivity contribution in [2.75, 3.05) is 28.3 Å². The van der Waals surface area contributed by atoms with Crippen molar-refractivity contribution in [2.24, 2.45) is 0 Å². The monoisotopic (exact) mass is 354 g/mol. The standard InChI is InChI=1S/C21H26N2O3/c1-7-16(17-8-9-22-12-19(17)14(2)24)18-11-20(25-5)15(13-23(3)4)10-21(18)26-6/h7-12H,13H2,1-6H3/b16-7+. The molecule has 1 heterocycles. The number of ether oxygens (including phenoxy) is 2. The van der Waals surface area contributed by atoms with Gasteiger partial charge in [0.15, 0.2) is 5.78 Å². The number of nitrogens with zero attached hydrogens (tertiary/aromatic N) is 2. The van der Waals surface area contributed by atoms with Crippen LogP contribution in [0.4, 0.5) is 0 Å². The first-order valence-corrected chi connectivity index (χ1v) is 8.44. The lowest BCUT2D eigenvalue weighted by atomic mass is 9.92. The van der Waals surface area contributed by atoms with Gasteiger partial charge in [-0.05, 0) is 57.3 Å². The highest BCUT2D eigenvalue weighted by Gasteiger charge is 2.19. The zero-order valence-electron chi connectivity index (χ0n) is 16.3. The third-order valence-corrected chi connectivity index (χ3v) is 4.16. The highest BCUT2D eigenvalue weighted by atomic mass is 16.5. The van der Waals surface area contributed by atoms with Crippen LogP contribution >= 0.6 is 0 Å². The van der Waals surface area contributed by atoms with E-state index >= 15 is 0 Å². The molecule has 0 amide bonds. The molecule has 0 N–H and O–H groups in total. The maximum atomic E-state index is 12.0. The van der Waals surface area contributed by atoms with Crippen LogP contribution in [-0.4, -0.2) is 44.0 Å². The van der Waals surface area contributed by atoms with Crippen molar-refractivity contribution < 1.29 is 14.3 Å². The highest BCUT2D eigenvalue weighted by molar-refractivity contribution is 6.01. The molecular weight excluding hydrogens is 328 g/mol. The normalized spacial score (nSPS) is 11.6. The van der Waals surface area contributed by atoms with Crippen LogP contribution < -0.4 is 9.47 Å². The molecule has 0 atom stereocenters. The Kier molecular flexibility index (Phi) is 6.52. The Balaban J connectivity index is 2.67. The van der Waals surface area contributed by atoms with Gasteiger partial charge in [0.25, 0.3) is 0 Å². The van der Waals surface area contributed by atoms with E-state index in [0.717, 1.165) is 40.3 Å². The smallest absolute Gasteiger partial charge is 0.161 e. The average molecular weight is 354 g/mol. The topological polar surface area (TPSA) is 51.7 Å². The van der Waals surface area contributed by atoms with E-state index < -0.39 is 0 Å². The fourth-order valence-electron chi connectivity index (χ4n) is 3.00. The van der Waals surface area contributed by atoms with E-state index in [2.05, 4.69) is 9.88 Å². The summed E-state index contributed by atoms with van der Waals surface area (Å²) in [6, 6.07) is 5.81. The molecule has 1 aromatic carbocycles. The van der Waals surface area contributed by atoms with Crippen LogP contribution in [0, 0.1) is 0 Å². The number of carbonyl (C=O) groups excluding carboxylic acids is 1. The number of ketones is 1. The Morgan fingerprint density at radius 1 is 1.12 bits per heavy atom. The number of rotatable bonds is 7. The van der Waals surface area contributed by atoms with E-state index in [9.17, 15) is 4.79 Å². The lowest BCUT2D eigenvalue weighted by Gasteiger charge is -2.19. The number of allylic oxidation sites excluding steroid dienone is 1. The van der Waals surface area contributed by atoms with E-state index in [4.69, 9.17) is 9.47 Å². The van der Waals surface area contributed by atoms with Crippen molar-refractivity contribution in [3.63, 3.8) is 0 Å². The molecule has 0 spiro atoms. The van der Waals surface area contributed by atoms with Crippen LogP contribution in [0.2, 0.25) is 0 Å². The molecule has 0 aliphatic heterocycles. The quantitative estimate of drug-likeness (QED) is 0.708. The second kappa shape index (κ2) is 8.63. The van der Waals surface area contributed by atoms with Gasteiger partial charge in [-0.3, -0.25) is 9.78 Å². The SMILES string of the molecule is C/C=C(/c1cc(OC)c(CN(C)C)cc1OC)c1ccncc1C(C)=O. The summed E-state index contributed by atoms with van der Waals surface area (Å²) in [5.74, 6) is 1.50. The van der Waals surface area contributed by atoms with Crippen LogP contribution in [0.25, 0.3) is 5.57 Å². The van der Waals surface area contributed by atoms with Crippen LogP contribution in [0.3, 0.4) is 0 Å². The molecular formula is C21H26N2O3. The zero-order valence-corrected chi connectivity index (χ0v) is 16.3. The Labute approximate surface area is 155 Å². The van der Waals surface area contributed by atoms with Crippen LogP contribution in [0.1, 0.15) is 40.9 Å². The van der Waals surface area contributed by atoms with Gasteiger partial charge in [0, 0.05) is 35.6 Å². The van der Waals surface area contributed by atoms with E-state index in [0.29, 0.717) is 5.56 Å². The van der Waals surface area contributed by atoms with Gasteiger partial charge in [0.1, 0.15) is 11.5 Å². The molecule has 26 heavy (non-hydrogen) atoms. The molecule has 0 saturated carbocycles. The molecule has 0 aliphatic rings. The molecule has 138 valence electrons. The number of Topliss-reactive ketones (excluding diaryl/α,β-unsaturated/α-hetero) is 1. The predicted octanol–water partition coefficient (Wildman–Crippen LogP) is 3.81. The van der Waals surface area contributed by atoms with Crippen molar-refractivity contribution in [3.8, 4) is 11.5 Å². The van der Waals surface area contributed by atoms with Gasteiger partial charge in [-0.15, -0.1) is 0 Å². The third-order valence-electron chi connectivity index (χ3n) is 4.16. The summed E-state index contributed by atoms with van der Waals surface area (Å²) in [5.41, 5.74) is 4.23. The number of carbonyl (C=O) groups is 1. The molecule has 0 fully saturated rings. The maximum Gasteiger partial charge on any atom is 0.161 e. The molecule has 0 saturated heterocycles. The number of pyridine rings is 1. The predicted molar refractivity (Wildman–Crippen MR) is 104 cm³/mol. The molecule has 0 bridgehead atoms. The Morgan fingerprint density at radius 2 is 1.81 bits per heavy atom. The number of methoxy groups -OCH3 is 2. The van der Waals surface area contributed by atoms with Gasteiger partial charge >= 0.3 is 0 Å². The van der Waals surface area contributed by atoms with Crippen molar-refractivity contribution in [1.82, 2.24) is 9.88 Å². The van der Waals surface area contributed by atoms with Crippen molar-refractivity contribution in [3.05, 3.63) is 58.9 Å². The molecule has 2 rings (SSSR count). The Morgan fingerprint density at radius 3 is 2.35 bits per heavy atom. The van der Waals surface area contributed by atoms with Crippen LogP contribution in [-0.2, 0) is 6.54 Å². The van der Waals surface area contributed by atoms with Crippen molar-refractivity contribution >= 4 is 11.4 Å². The van der Waals surface area contributed by atoms with Gasteiger partial charge in [-0.25, -0.2) is 0 Å². The van der Waals surface area contributed by atoms with E-state index in [1.807, 2.05) is 45.3 Å². The number of benzene rings is 1. The Hall–Kier alpha value is -2.66. The summed E-state index contributed by atoms with van der Waals surface area (Å²) in [6.07, 6.45) is 5.27.